The first-order valence-corrected chi connectivity index (χ1v) is 15.1. The van der Waals surface area contributed by atoms with Gasteiger partial charge in [-0.3, -0.25) is 39.4 Å². The summed E-state index contributed by atoms with van der Waals surface area (Å²) in [5, 5.41) is 36.4. The number of non-ortho nitro benzene ring substituents is 2. The first-order valence-electron chi connectivity index (χ1n) is 12.1. The van der Waals surface area contributed by atoms with Crippen molar-refractivity contribution in [2.24, 2.45) is 0 Å². The van der Waals surface area contributed by atoms with Gasteiger partial charge in [0, 0.05) is 22.9 Å². The molecule has 2 aromatic heterocycles. The van der Waals surface area contributed by atoms with Gasteiger partial charge in [-0.25, -0.2) is 16.8 Å². The van der Waals surface area contributed by atoms with Crippen molar-refractivity contribution in [3.63, 3.8) is 0 Å². The molecule has 0 amide bonds. The van der Waals surface area contributed by atoms with Crippen LogP contribution in [0.15, 0.2) is 77.5 Å². The quantitative estimate of drug-likeness (QED) is 0.0436. The molecule has 0 spiro atoms. The number of nitrogens with one attached hydrogen (secondary N) is 6. The fraction of sp³-hybridized carbons (Fsp3) is 0. The van der Waals surface area contributed by atoms with Crippen molar-refractivity contribution in [3.05, 3.63) is 120 Å². The van der Waals surface area contributed by atoms with Gasteiger partial charge in [-0.2, -0.15) is 0 Å². The Hall–Kier alpha value is -4.14. The summed E-state index contributed by atoms with van der Waals surface area (Å²) < 4.78 is 46.4. The molecule has 6 aromatic rings. The van der Waals surface area contributed by atoms with Crippen LogP contribution in [0.5, 0.6) is 0 Å². The summed E-state index contributed by atoms with van der Waals surface area (Å²) in [6, 6.07) is 9.31. The number of rotatable bonds is 4. The monoisotopic (exact) mass is 734 g/mol. The van der Waals surface area contributed by atoms with E-state index < -0.39 is 73.3 Å². The second kappa shape index (κ2) is 14.8. The van der Waals surface area contributed by atoms with E-state index in [0.29, 0.717) is 0 Å². The molecule has 0 aliphatic heterocycles. The molecule has 0 saturated heterocycles. The summed E-state index contributed by atoms with van der Waals surface area (Å²) in [5.74, 6) is 0. The van der Waals surface area contributed by atoms with Gasteiger partial charge in [0.1, 0.15) is 0 Å². The minimum atomic E-state index is -4.49. The Bertz CT molecular complexity index is 2620. The topological polar surface area (TPSA) is 365 Å². The Labute approximate surface area is 314 Å². The number of nitro groups is 2. The molecule has 0 aliphatic rings. The molecular formula is C24H16N8Na2O13S2. The van der Waals surface area contributed by atoms with Crippen LogP contribution in [0.25, 0.3) is 53.9 Å². The molecule has 0 fully saturated rings. The van der Waals surface area contributed by atoms with Gasteiger partial charge < -0.3 is 35.7 Å². The number of aromatic amines is 4. The molecule has 21 nitrogen and oxygen atoms in total. The van der Waals surface area contributed by atoms with E-state index in [9.17, 15) is 56.2 Å². The standard InChI is InChI=1S/2C12H8N4O6S.2Na.H2O/c2*13-23(21,22)8-3-1-2-5-9(8)7(16(19)20)4-6-10(5)15-12(18)11(17)14-6;;;/h2*1-4H,(H4,13,14,15,17,18,21,22);;;1H2/q;;2*+1;/p-2. The van der Waals surface area contributed by atoms with E-state index in [0.717, 1.165) is 24.3 Å². The zero-order valence-corrected chi connectivity index (χ0v) is 30.4. The number of hydrogen-bond donors (Lipinski definition) is 4. The van der Waals surface area contributed by atoms with Crippen molar-refractivity contribution in [2.45, 2.75) is 9.79 Å². The van der Waals surface area contributed by atoms with Crippen molar-refractivity contribution in [3.8, 4) is 0 Å². The third-order valence-electron chi connectivity index (χ3n) is 6.56. The van der Waals surface area contributed by atoms with Crippen LogP contribution in [0.2, 0.25) is 0 Å². The molecule has 6 rings (SSSR count). The van der Waals surface area contributed by atoms with Gasteiger partial charge in [0.05, 0.1) is 72.5 Å². The molecule has 0 radical (unpaired) electrons. The van der Waals surface area contributed by atoms with Gasteiger partial charge in [-0.1, -0.05) is 24.3 Å². The van der Waals surface area contributed by atoms with Gasteiger partial charge in [0.15, 0.2) is 0 Å². The van der Waals surface area contributed by atoms with Crippen LogP contribution < -0.4 is 81.4 Å². The zero-order chi connectivity index (χ0) is 33.9. The van der Waals surface area contributed by atoms with Crippen LogP contribution in [0.3, 0.4) is 0 Å². The van der Waals surface area contributed by atoms with Crippen LogP contribution in [-0.2, 0) is 20.0 Å². The molecular weight excluding hydrogens is 718 g/mol. The molecule has 0 aliphatic carbocycles. The summed E-state index contributed by atoms with van der Waals surface area (Å²) in [4.78, 5) is 74.5. The Balaban J connectivity index is 0.000000321. The minimum absolute atomic E-state index is 0. The molecule has 2 heterocycles. The normalized spacial score (nSPS) is 11.1. The zero-order valence-electron chi connectivity index (χ0n) is 24.7. The second-order valence-electron chi connectivity index (χ2n) is 9.33. The Morgan fingerprint density at radius 2 is 0.878 bits per heavy atom. The van der Waals surface area contributed by atoms with E-state index in [4.69, 9.17) is 10.3 Å². The number of benzene rings is 4. The van der Waals surface area contributed by atoms with Crippen LogP contribution in [-0.4, -0.2) is 52.1 Å². The molecule has 0 saturated carbocycles. The predicted molar refractivity (Wildman–Crippen MR) is 165 cm³/mol. The third-order valence-corrected chi connectivity index (χ3v) is 8.40. The number of sulfonamides is 2. The Morgan fingerprint density at radius 3 is 1.16 bits per heavy atom. The summed E-state index contributed by atoms with van der Waals surface area (Å²) in [6.45, 7) is 0. The molecule has 8 N–H and O–H groups in total. The van der Waals surface area contributed by atoms with Gasteiger partial charge in [0.2, 0.25) is 0 Å². The van der Waals surface area contributed by atoms with E-state index in [1.807, 2.05) is 0 Å². The summed E-state index contributed by atoms with van der Waals surface area (Å²) in [5.41, 5.74) is -5.09. The molecule has 4 aromatic carbocycles. The molecule has 0 unspecified atom stereocenters. The third kappa shape index (κ3) is 7.71. The summed E-state index contributed by atoms with van der Waals surface area (Å²) >= 11 is 0. The van der Waals surface area contributed by atoms with Crippen molar-refractivity contribution in [1.29, 1.82) is 0 Å². The van der Waals surface area contributed by atoms with Crippen molar-refractivity contribution in [1.82, 2.24) is 19.9 Å². The predicted octanol–water partition coefficient (Wildman–Crippen LogP) is -4.78. The number of H-pyrrole nitrogens is 4. The van der Waals surface area contributed by atoms with E-state index in [-0.39, 0.29) is 108 Å². The first kappa shape index (κ1) is 41.0. The van der Waals surface area contributed by atoms with Gasteiger partial charge in [0.25, 0.3) is 11.4 Å². The number of hydrogen-bond acceptors (Lipinski definition) is 12. The Kier molecular flexibility index (Phi) is 12.4. The largest absolute Gasteiger partial charge is 1.00 e. The minimum Gasteiger partial charge on any atom is -0.560 e. The number of fused-ring (bicyclic) bond motifs is 6. The van der Waals surface area contributed by atoms with E-state index >= 15 is 0 Å². The van der Waals surface area contributed by atoms with Crippen LogP contribution >= 0.6 is 0 Å². The van der Waals surface area contributed by atoms with Crippen molar-refractivity contribution >= 4 is 75.0 Å². The number of nitro benzene ring substituents is 2. The first-order chi connectivity index (χ1) is 21.4. The van der Waals surface area contributed by atoms with Gasteiger partial charge >= 0.3 is 81.4 Å². The van der Waals surface area contributed by atoms with E-state index in [1.54, 1.807) is 0 Å². The molecule has 25 heteroatoms. The number of nitrogens with zero attached hydrogens (tertiary/aromatic N) is 2. The maximum absolute atomic E-state index is 11.6. The number of aromatic nitrogens is 4. The summed E-state index contributed by atoms with van der Waals surface area (Å²) in [7, 11) is -8.98. The van der Waals surface area contributed by atoms with E-state index in [2.05, 4.69) is 19.9 Å². The Morgan fingerprint density at radius 1 is 0.571 bits per heavy atom. The smallest absolute Gasteiger partial charge is 0.560 e. The average molecular weight is 735 g/mol. The van der Waals surface area contributed by atoms with Gasteiger partial charge in [-0.15, -0.1) is 0 Å². The van der Waals surface area contributed by atoms with Crippen LogP contribution in [0.1, 0.15) is 0 Å². The fourth-order valence-corrected chi connectivity index (χ4v) is 6.24. The van der Waals surface area contributed by atoms with Crippen LogP contribution in [0.4, 0.5) is 11.4 Å². The summed E-state index contributed by atoms with van der Waals surface area (Å²) in [6.07, 6.45) is 0. The molecule has 49 heavy (non-hydrogen) atoms. The maximum Gasteiger partial charge on any atom is 1.00 e. The molecule has 0 bridgehead atoms. The maximum atomic E-state index is 11.6. The fourth-order valence-electron chi connectivity index (χ4n) is 4.76. The molecule has 0 atom stereocenters. The molecule has 244 valence electrons. The van der Waals surface area contributed by atoms with Crippen molar-refractivity contribution in [2.75, 3.05) is 0 Å². The van der Waals surface area contributed by atoms with E-state index in [1.165, 1.54) is 24.3 Å². The second-order valence-corrected chi connectivity index (χ2v) is 12.2. The average Bonchev–Trinajstić information content (AvgIpc) is 2.96. The SMILES string of the molecule is O.[NH-]S(=O)(=O)c1cccc2c1c([N+](=O)[O-])cc1[nH]c(=O)c(=O)[nH]c12.[NH-]S(=O)(=O)c1cccc2c1c([N+](=O)[O-])cc1[nH]c(=O)c(=O)[nH]c12.[Na+].[Na+]. The van der Waals surface area contributed by atoms with Crippen molar-refractivity contribution < 1.29 is 91.3 Å². The van der Waals surface area contributed by atoms with Crippen LogP contribution in [0, 0.1) is 20.2 Å². The van der Waals surface area contributed by atoms with Gasteiger partial charge in [-0.05, 0) is 12.1 Å².